The van der Waals surface area contributed by atoms with Crippen molar-refractivity contribution in [3.8, 4) is 0 Å². The van der Waals surface area contributed by atoms with Crippen molar-refractivity contribution in [3.63, 3.8) is 0 Å². The molecule has 15 heavy (non-hydrogen) atoms. The molecule has 0 saturated heterocycles. The summed E-state index contributed by atoms with van der Waals surface area (Å²) in [6, 6.07) is 4.41. The highest BCUT2D eigenvalue weighted by Gasteiger charge is 2.24. The maximum Gasteiger partial charge on any atom is 0.336 e. The Labute approximate surface area is 83.1 Å². The molecule has 0 radical (unpaired) electrons. The summed E-state index contributed by atoms with van der Waals surface area (Å²) < 4.78 is 8.38. The number of anilines is 1. The third-order valence-corrected chi connectivity index (χ3v) is 1.89. The van der Waals surface area contributed by atoms with Gasteiger partial charge in [-0.05, 0) is 12.1 Å². The Balaban J connectivity index is 2.56. The highest BCUT2D eigenvalue weighted by atomic mass is 17.3. The van der Waals surface area contributed by atoms with Crippen LogP contribution in [0.3, 0.4) is 0 Å². The van der Waals surface area contributed by atoms with Crippen LogP contribution in [0.2, 0.25) is 0 Å². The van der Waals surface area contributed by atoms with Gasteiger partial charge in [-0.15, -0.1) is 9.36 Å². The summed E-state index contributed by atoms with van der Waals surface area (Å²) in [5.74, 6) is -1.41. The Morgan fingerprint density at radius 1 is 1.27 bits per heavy atom. The van der Waals surface area contributed by atoms with Crippen LogP contribution in [0.5, 0.6) is 0 Å². The molecule has 1 aromatic carbocycles. The van der Waals surface area contributed by atoms with Crippen molar-refractivity contribution in [2.45, 2.75) is 0 Å². The van der Waals surface area contributed by atoms with Gasteiger partial charge in [-0.2, -0.15) is 0 Å². The zero-order valence-electron chi connectivity index (χ0n) is 7.47. The summed E-state index contributed by atoms with van der Waals surface area (Å²) >= 11 is 0. The third kappa shape index (κ3) is 1.50. The van der Waals surface area contributed by atoms with Crippen LogP contribution in [0.1, 0.15) is 20.7 Å². The lowest BCUT2D eigenvalue weighted by Gasteiger charge is -2.04. The molecule has 0 unspecified atom stereocenters. The molecule has 0 bridgehead atoms. The van der Waals surface area contributed by atoms with Gasteiger partial charge in [0, 0.05) is 5.69 Å². The molecule has 0 aliphatic heterocycles. The van der Waals surface area contributed by atoms with Gasteiger partial charge in [0.2, 0.25) is 0 Å². The SMILES string of the molecule is NC(=O)c1c(N)cccc1C(=O)n1oo1. The van der Waals surface area contributed by atoms with Crippen LogP contribution in [0, 0.1) is 0 Å². The number of hydrogen-bond acceptors (Lipinski definition) is 5. The summed E-state index contributed by atoms with van der Waals surface area (Å²) in [7, 11) is 0. The molecule has 0 atom stereocenters. The number of nitrogens with two attached hydrogens (primary N) is 2. The number of rotatable bonds is 2. The molecule has 1 aromatic heterocycles. The molecule has 7 nitrogen and oxygen atoms in total. The molecule has 7 heteroatoms. The van der Waals surface area contributed by atoms with E-state index in [-0.39, 0.29) is 16.8 Å². The number of nitrogen functional groups attached to an aromatic ring is 1. The molecule has 2 rings (SSSR count). The average Bonchev–Trinajstić information content (AvgIpc) is 2.98. The number of carbonyl (C=O) groups is 2. The van der Waals surface area contributed by atoms with E-state index in [9.17, 15) is 9.59 Å². The first-order valence-corrected chi connectivity index (χ1v) is 3.99. The Kier molecular flexibility index (Phi) is 1.86. The molecular formula is C8H7N3O4. The maximum atomic E-state index is 11.5. The van der Waals surface area contributed by atoms with Crippen LogP contribution in [0.25, 0.3) is 0 Å². The molecular weight excluding hydrogens is 202 g/mol. The molecule has 0 fully saturated rings. The normalized spacial score (nSPS) is 10.4. The summed E-state index contributed by atoms with van der Waals surface area (Å²) in [5, 5.41) is 0. The first kappa shape index (κ1) is 9.13. The van der Waals surface area contributed by atoms with E-state index >= 15 is 0 Å². The largest absolute Gasteiger partial charge is 0.398 e. The van der Waals surface area contributed by atoms with Crippen LogP contribution in [0.15, 0.2) is 27.6 Å². The second-order valence-corrected chi connectivity index (χ2v) is 2.85. The lowest BCUT2D eigenvalue weighted by molar-refractivity contribution is 0.0906. The molecule has 0 aliphatic carbocycles. The summed E-state index contributed by atoms with van der Waals surface area (Å²) in [6.07, 6.45) is 0. The van der Waals surface area contributed by atoms with Gasteiger partial charge in [0.15, 0.2) is 0 Å². The summed E-state index contributed by atoms with van der Waals surface area (Å²) in [5.41, 5.74) is 10.8. The van der Waals surface area contributed by atoms with E-state index in [2.05, 4.69) is 9.36 Å². The van der Waals surface area contributed by atoms with E-state index in [0.717, 1.165) is 0 Å². The average molecular weight is 209 g/mol. The number of carbonyl (C=O) groups excluding carboxylic acids is 2. The maximum absolute atomic E-state index is 11.5. The van der Waals surface area contributed by atoms with E-state index in [1.54, 1.807) is 0 Å². The molecule has 0 spiro atoms. The van der Waals surface area contributed by atoms with Crippen molar-refractivity contribution in [3.05, 3.63) is 29.3 Å². The number of benzene rings is 1. The van der Waals surface area contributed by atoms with Crippen molar-refractivity contribution in [2.75, 3.05) is 5.73 Å². The zero-order valence-corrected chi connectivity index (χ0v) is 7.47. The Bertz CT molecular complexity index is 511. The fraction of sp³-hybridized carbons (Fsp3) is 0. The van der Waals surface area contributed by atoms with Gasteiger partial charge in [0.05, 0.1) is 16.0 Å². The van der Waals surface area contributed by atoms with Crippen LogP contribution < -0.4 is 11.5 Å². The second-order valence-electron chi connectivity index (χ2n) is 2.85. The predicted octanol–water partition coefficient (Wildman–Crippen LogP) is 0.0437. The van der Waals surface area contributed by atoms with Gasteiger partial charge in [-0.3, -0.25) is 9.59 Å². The lowest BCUT2D eigenvalue weighted by atomic mass is 10.0. The van der Waals surface area contributed by atoms with Gasteiger partial charge in [0.25, 0.3) is 5.91 Å². The highest BCUT2D eigenvalue weighted by molar-refractivity contribution is 6.09. The van der Waals surface area contributed by atoms with Crippen molar-refractivity contribution >= 4 is 17.5 Å². The van der Waals surface area contributed by atoms with E-state index in [4.69, 9.17) is 11.5 Å². The molecule has 1 heterocycles. The number of primary amides is 1. The Hall–Kier alpha value is -2.44. The van der Waals surface area contributed by atoms with Crippen molar-refractivity contribution < 1.29 is 19.0 Å². The van der Waals surface area contributed by atoms with Crippen molar-refractivity contribution in [2.24, 2.45) is 5.73 Å². The predicted molar refractivity (Wildman–Crippen MR) is 48.1 cm³/mol. The first-order valence-electron chi connectivity index (χ1n) is 3.99. The minimum absolute atomic E-state index is 0.0402. The van der Waals surface area contributed by atoms with Crippen LogP contribution >= 0.6 is 0 Å². The van der Waals surface area contributed by atoms with Crippen LogP contribution in [0.4, 0.5) is 5.69 Å². The fourth-order valence-corrected chi connectivity index (χ4v) is 1.21. The monoisotopic (exact) mass is 209 g/mol. The van der Waals surface area contributed by atoms with Crippen molar-refractivity contribution in [1.82, 2.24) is 4.91 Å². The van der Waals surface area contributed by atoms with Crippen molar-refractivity contribution in [1.29, 1.82) is 0 Å². The molecule has 0 saturated carbocycles. The minimum Gasteiger partial charge on any atom is -0.398 e. The van der Waals surface area contributed by atoms with Gasteiger partial charge in [-0.1, -0.05) is 6.07 Å². The van der Waals surface area contributed by atoms with Gasteiger partial charge < -0.3 is 11.5 Å². The summed E-state index contributed by atoms with van der Waals surface area (Å²) in [4.78, 5) is 23.2. The van der Waals surface area contributed by atoms with Gasteiger partial charge in [-0.25, -0.2) is 0 Å². The second kappa shape index (κ2) is 3.05. The number of hydrogen-bond donors (Lipinski definition) is 2. The smallest absolute Gasteiger partial charge is 0.336 e. The highest BCUT2D eigenvalue weighted by Crippen LogP contribution is 2.18. The van der Waals surface area contributed by atoms with E-state index < -0.39 is 11.8 Å². The third-order valence-electron chi connectivity index (χ3n) is 1.89. The van der Waals surface area contributed by atoms with E-state index in [0.29, 0.717) is 4.91 Å². The first-order chi connectivity index (χ1) is 7.11. The molecule has 0 aliphatic rings. The topological polar surface area (TPSA) is 117 Å². The number of amides is 1. The fourth-order valence-electron chi connectivity index (χ4n) is 1.21. The molecule has 2 aromatic rings. The Morgan fingerprint density at radius 2 is 1.93 bits per heavy atom. The molecule has 4 N–H and O–H groups in total. The minimum atomic E-state index is -0.779. The van der Waals surface area contributed by atoms with Crippen LogP contribution in [-0.2, 0) is 0 Å². The number of nitrogens with zero attached hydrogens (tertiary/aromatic N) is 1. The standard InChI is InChI=1S/C8H7N3O4/c9-5-3-1-2-4(6(5)7(10)12)8(13)11-14-15-11/h1-3H,9H2,(H2,10,12). The summed E-state index contributed by atoms with van der Waals surface area (Å²) in [6.45, 7) is 0. The van der Waals surface area contributed by atoms with E-state index in [1.165, 1.54) is 18.2 Å². The van der Waals surface area contributed by atoms with Gasteiger partial charge >= 0.3 is 5.91 Å². The Morgan fingerprint density at radius 3 is 2.47 bits per heavy atom. The molecule has 1 amide bonds. The van der Waals surface area contributed by atoms with Crippen LogP contribution in [-0.4, -0.2) is 16.7 Å². The quantitative estimate of drug-likeness (QED) is 0.535. The lowest BCUT2D eigenvalue weighted by Crippen LogP contribution is -2.19. The number of aromatic nitrogens is 1. The molecule has 78 valence electrons. The van der Waals surface area contributed by atoms with Gasteiger partial charge in [0.1, 0.15) is 0 Å². The zero-order chi connectivity index (χ0) is 11.0. The van der Waals surface area contributed by atoms with E-state index in [1.807, 2.05) is 0 Å².